The summed E-state index contributed by atoms with van der Waals surface area (Å²) in [5.41, 5.74) is 4.32. The number of nitrogens with zero attached hydrogens (tertiary/aromatic N) is 2. The van der Waals surface area contributed by atoms with Crippen molar-refractivity contribution < 1.29 is 14.3 Å². The van der Waals surface area contributed by atoms with E-state index >= 15 is 0 Å². The van der Waals surface area contributed by atoms with Crippen LogP contribution in [-0.2, 0) is 16.0 Å². The van der Waals surface area contributed by atoms with E-state index < -0.39 is 5.97 Å². The molecule has 0 spiro atoms. The van der Waals surface area contributed by atoms with Gasteiger partial charge in [-0.1, -0.05) is 66.2 Å². The molecule has 1 aliphatic heterocycles. The number of anilines is 1. The zero-order valence-corrected chi connectivity index (χ0v) is 18.6. The number of carbonyl (C=O) groups is 2. The van der Waals surface area contributed by atoms with Gasteiger partial charge in [-0.2, -0.15) is 0 Å². The van der Waals surface area contributed by atoms with Gasteiger partial charge in [-0.25, -0.2) is 9.78 Å². The molecule has 33 heavy (non-hydrogen) atoms. The van der Waals surface area contributed by atoms with Crippen molar-refractivity contribution in [1.82, 2.24) is 4.98 Å². The average molecular weight is 457 g/mol. The van der Waals surface area contributed by atoms with E-state index in [-0.39, 0.29) is 12.5 Å². The lowest BCUT2D eigenvalue weighted by Crippen LogP contribution is -2.38. The number of aryl methyl sites for hydroxylation is 1. The molecular formula is C27H21ClN2O3. The van der Waals surface area contributed by atoms with Crippen LogP contribution in [0, 0.1) is 0 Å². The number of rotatable bonds is 4. The second kappa shape index (κ2) is 9.04. The minimum Gasteiger partial charge on any atom is -0.452 e. The quantitative estimate of drug-likeness (QED) is 0.370. The number of aromatic nitrogens is 1. The Kier molecular flexibility index (Phi) is 5.80. The van der Waals surface area contributed by atoms with Gasteiger partial charge in [-0.3, -0.25) is 4.79 Å². The third kappa shape index (κ3) is 4.20. The first kappa shape index (κ1) is 21.2. The van der Waals surface area contributed by atoms with Crippen LogP contribution in [0.1, 0.15) is 22.3 Å². The highest BCUT2D eigenvalue weighted by atomic mass is 35.5. The van der Waals surface area contributed by atoms with Crippen molar-refractivity contribution in [2.75, 3.05) is 18.1 Å². The Balaban J connectivity index is 1.42. The number of pyridine rings is 1. The Labute approximate surface area is 196 Å². The molecular weight excluding hydrogens is 436 g/mol. The highest BCUT2D eigenvalue weighted by Crippen LogP contribution is 2.30. The van der Waals surface area contributed by atoms with Crippen molar-refractivity contribution in [2.45, 2.75) is 12.8 Å². The zero-order valence-electron chi connectivity index (χ0n) is 17.8. The highest BCUT2D eigenvalue weighted by molar-refractivity contribution is 6.33. The van der Waals surface area contributed by atoms with E-state index in [1.807, 2.05) is 66.7 Å². The van der Waals surface area contributed by atoms with Gasteiger partial charge in [0.1, 0.15) is 0 Å². The minimum absolute atomic E-state index is 0.236. The minimum atomic E-state index is -0.569. The van der Waals surface area contributed by atoms with Gasteiger partial charge in [0.05, 0.1) is 16.8 Å². The van der Waals surface area contributed by atoms with Gasteiger partial charge in [0, 0.05) is 28.2 Å². The summed E-state index contributed by atoms with van der Waals surface area (Å²) >= 11 is 6.37. The number of ether oxygens (including phenoxy) is 1. The lowest BCUT2D eigenvalue weighted by Gasteiger charge is -2.29. The number of hydrogen-bond acceptors (Lipinski definition) is 4. The van der Waals surface area contributed by atoms with Crippen LogP contribution in [0.15, 0.2) is 78.9 Å². The van der Waals surface area contributed by atoms with E-state index in [2.05, 4.69) is 4.98 Å². The maximum absolute atomic E-state index is 13.1. The van der Waals surface area contributed by atoms with Crippen molar-refractivity contribution in [3.63, 3.8) is 0 Å². The van der Waals surface area contributed by atoms with Crippen molar-refractivity contribution in [1.29, 1.82) is 0 Å². The first-order valence-electron chi connectivity index (χ1n) is 10.8. The Hall–Kier alpha value is -3.70. The molecule has 0 aliphatic carbocycles. The summed E-state index contributed by atoms with van der Waals surface area (Å²) < 4.78 is 5.50. The molecule has 2 heterocycles. The number of hydrogen-bond donors (Lipinski definition) is 0. The standard InChI is InChI=1S/C27H21ClN2O3/c28-22-12-4-2-11-20(22)24-16-21(19-10-3-5-13-23(19)29-24)27(32)33-17-26(31)30-15-7-9-18-8-1-6-14-25(18)30/h1-6,8,10-14,16H,7,9,15,17H2. The van der Waals surface area contributed by atoms with E-state index in [9.17, 15) is 9.59 Å². The molecule has 5 nitrogen and oxygen atoms in total. The van der Waals surface area contributed by atoms with E-state index in [1.54, 1.807) is 17.0 Å². The Morgan fingerprint density at radius 3 is 2.61 bits per heavy atom. The summed E-state index contributed by atoms with van der Waals surface area (Å²) in [4.78, 5) is 32.4. The van der Waals surface area contributed by atoms with Gasteiger partial charge < -0.3 is 9.64 Å². The molecule has 3 aromatic carbocycles. The fourth-order valence-electron chi connectivity index (χ4n) is 4.23. The fraction of sp³-hybridized carbons (Fsp3) is 0.148. The van der Waals surface area contributed by atoms with Crippen LogP contribution in [0.25, 0.3) is 22.2 Å². The van der Waals surface area contributed by atoms with Crippen molar-refractivity contribution in [2.24, 2.45) is 0 Å². The first-order valence-corrected chi connectivity index (χ1v) is 11.2. The molecule has 0 radical (unpaired) electrons. The van der Waals surface area contributed by atoms with Gasteiger partial charge >= 0.3 is 5.97 Å². The lowest BCUT2D eigenvalue weighted by molar-refractivity contribution is -0.121. The number of para-hydroxylation sites is 2. The van der Waals surface area contributed by atoms with Crippen LogP contribution in [0.4, 0.5) is 5.69 Å². The molecule has 1 aromatic heterocycles. The monoisotopic (exact) mass is 456 g/mol. The van der Waals surface area contributed by atoms with Gasteiger partial charge in [0.2, 0.25) is 0 Å². The predicted molar refractivity (Wildman–Crippen MR) is 130 cm³/mol. The van der Waals surface area contributed by atoms with E-state index in [0.29, 0.717) is 33.7 Å². The second-order valence-electron chi connectivity index (χ2n) is 7.91. The summed E-state index contributed by atoms with van der Waals surface area (Å²) in [5, 5.41) is 1.20. The van der Waals surface area contributed by atoms with Gasteiger partial charge in [-0.05, 0) is 42.7 Å². The largest absolute Gasteiger partial charge is 0.452 e. The molecule has 164 valence electrons. The second-order valence-corrected chi connectivity index (χ2v) is 8.31. The summed E-state index contributed by atoms with van der Waals surface area (Å²) in [7, 11) is 0. The van der Waals surface area contributed by atoms with Crippen LogP contribution < -0.4 is 4.90 Å². The van der Waals surface area contributed by atoms with Crippen LogP contribution >= 0.6 is 11.6 Å². The summed E-state index contributed by atoms with van der Waals surface area (Å²) in [6.45, 7) is 0.285. The predicted octanol–water partition coefficient (Wildman–Crippen LogP) is 5.69. The maximum atomic E-state index is 13.1. The van der Waals surface area contributed by atoms with Crippen LogP contribution in [0.2, 0.25) is 5.02 Å². The summed E-state index contributed by atoms with van der Waals surface area (Å²) in [6, 6.07) is 24.2. The van der Waals surface area contributed by atoms with E-state index in [0.717, 1.165) is 29.7 Å². The topological polar surface area (TPSA) is 59.5 Å². The van der Waals surface area contributed by atoms with Gasteiger partial charge in [0.15, 0.2) is 6.61 Å². The average Bonchev–Trinajstić information content (AvgIpc) is 2.86. The van der Waals surface area contributed by atoms with Crippen molar-refractivity contribution >= 4 is 40.1 Å². The Bertz CT molecular complexity index is 1370. The number of carbonyl (C=O) groups excluding carboxylic acids is 2. The van der Waals surface area contributed by atoms with Gasteiger partial charge in [-0.15, -0.1) is 0 Å². The Morgan fingerprint density at radius 1 is 0.970 bits per heavy atom. The summed E-state index contributed by atoms with van der Waals surface area (Å²) in [6.07, 6.45) is 1.82. The SMILES string of the molecule is O=C(OCC(=O)N1CCCc2ccccc21)c1cc(-c2ccccc2Cl)nc2ccccc12. The molecule has 0 atom stereocenters. The zero-order chi connectivity index (χ0) is 22.8. The lowest BCUT2D eigenvalue weighted by atomic mass is 10.0. The van der Waals surface area contributed by atoms with Crippen LogP contribution in [-0.4, -0.2) is 30.0 Å². The van der Waals surface area contributed by atoms with Gasteiger partial charge in [0.25, 0.3) is 5.91 Å². The number of benzene rings is 3. The molecule has 4 aromatic rings. The van der Waals surface area contributed by atoms with Crippen molar-refractivity contribution in [3.8, 4) is 11.3 Å². The molecule has 0 fully saturated rings. The molecule has 0 unspecified atom stereocenters. The number of amides is 1. The summed E-state index contributed by atoms with van der Waals surface area (Å²) in [5.74, 6) is -0.805. The van der Waals surface area contributed by atoms with E-state index in [1.165, 1.54) is 0 Å². The van der Waals surface area contributed by atoms with Crippen molar-refractivity contribution in [3.05, 3.63) is 95.0 Å². The third-order valence-electron chi connectivity index (χ3n) is 5.82. The molecule has 1 amide bonds. The number of fused-ring (bicyclic) bond motifs is 2. The molecule has 1 aliphatic rings. The fourth-order valence-corrected chi connectivity index (χ4v) is 4.46. The molecule has 0 N–H and O–H groups in total. The van der Waals surface area contributed by atoms with Crippen LogP contribution in [0.5, 0.6) is 0 Å². The first-order chi connectivity index (χ1) is 16.1. The molecule has 5 rings (SSSR count). The number of halogens is 1. The third-order valence-corrected chi connectivity index (χ3v) is 6.15. The Morgan fingerprint density at radius 2 is 1.73 bits per heavy atom. The molecule has 6 heteroatoms. The maximum Gasteiger partial charge on any atom is 0.339 e. The smallest absolute Gasteiger partial charge is 0.339 e. The highest BCUT2D eigenvalue weighted by Gasteiger charge is 2.24. The number of esters is 1. The van der Waals surface area contributed by atoms with Crippen LogP contribution in [0.3, 0.4) is 0 Å². The molecule has 0 saturated heterocycles. The molecule has 0 bridgehead atoms. The molecule has 0 saturated carbocycles. The van der Waals surface area contributed by atoms with E-state index in [4.69, 9.17) is 16.3 Å². The normalized spacial score (nSPS) is 12.9.